The van der Waals surface area contributed by atoms with E-state index in [4.69, 9.17) is 0 Å². The average molecular weight is 264 g/mol. The SMILES string of the molecule is FC(F)(F)c1ccc(N2Cc3ccccc3C2)nc1. The van der Waals surface area contributed by atoms with Gasteiger partial charge >= 0.3 is 6.18 Å². The summed E-state index contributed by atoms with van der Waals surface area (Å²) in [7, 11) is 0. The van der Waals surface area contributed by atoms with Crippen LogP contribution in [0.5, 0.6) is 0 Å². The second kappa shape index (κ2) is 4.26. The van der Waals surface area contributed by atoms with E-state index >= 15 is 0 Å². The summed E-state index contributed by atoms with van der Waals surface area (Å²) in [5, 5.41) is 0. The predicted molar refractivity (Wildman–Crippen MR) is 65.6 cm³/mol. The second-order valence-electron chi connectivity index (χ2n) is 4.53. The van der Waals surface area contributed by atoms with Crippen molar-refractivity contribution in [3.8, 4) is 0 Å². The van der Waals surface area contributed by atoms with Gasteiger partial charge in [-0.3, -0.25) is 0 Å². The molecular weight excluding hydrogens is 253 g/mol. The molecule has 1 aliphatic heterocycles. The van der Waals surface area contributed by atoms with Gasteiger partial charge in [-0.1, -0.05) is 24.3 Å². The molecule has 1 aromatic heterocycles. The van der Waals surface area contributed by atoms with Crippen molar-refractivity contribution < 1.29 is 13.2 Å². The zero-order chi connectivity index (χ0) is 13.5. The number of pyridine rings is 1. The Morgan fingerprint density at radius 1 is 0.947 bits per heavy atom. The molecular formula is C14H11F3N2. The number of aromatic nitrogens is 1. The van der Waals surface area contributed by atoms with Gasteiger partial charge in [-0.05, 0) is 23.3 Å². The van der Waals surface area contributed by atoms with Gasteiger partial charge in [-0.15, -0.1) is 0 Å². The van der Waals surface area contributed by atoms with Crippen molar-refractivity contribution in [3.63, 3.8) is 0 Å². The van der Waals surface area contributed by atoms with E-state index in [-0.39, 0.29) is 0 Å². The molecule has 0 N–H and O–H groups in total. The van der Waals surface area contributed by atoms with Gasteiger partial charge in [-0.2, -0.15) is 13.2 Å². The van der Waals surface area contributed by atoms with Crippen LogP contribution in [0.25, 0.3) is 0 Å². The summed E-state index contributed by atoms with van der Waals surface area (Å²) < 4.78 is 37.4. The van der Waals surface area contributed by atoms with Gasteiger partial charge in [0.1, 0.15) is 5.82 Å². The Morgan fingerprint density at radius 2 is 1.58 bits per heavy atom. The first-order chi connectivity index (χ1) is 9.04. The maximum atomic E-state index is 12.5. The van der Waals surface area contributed by atoms with E-state index in [0.29, 0.717) is 18.9 Å². The Kier molecular flexibility index (Phi) is 2.69. The summed E-state index contributed by atoms with van der Waals surface area (Å²) in [6.07, 6.45) is -3.45. The van der Waals surface area contributed by atoms with Crippen molar-refractivity contribution in [2.24, 2.45) is 0 Å². The largest absolute Gasteiger partial charge is 0.417 e. The molecule has 0 aliphatic carbocycles. The first kappa shape index (κ1) is 12.0. The van der Waals surface area contributed by atoms with Crippen molar-refractivity contribution in [1.82, 2.24) is 4.98 Å². The van der Waals surface area contributed by atoms with Crippen LogP contribution < -0.4 is 4.90 Å². The first-order valence-corrected chi connectivity index (χ1v) is 5.89. The summed E-state index contributed by atoms with van der Waals surface area (Å²) in [6, 6.07) is 10.5. The average Bonchev–Trinajstić information content (AvgIpc) is 2.81. The number of hydrogen-bond acceptors (Lipinski definition) is 2. The molecule has 0 unspecified atom stereocenters. The molecule has 5 heteroatoms. The molecule has 98 valence electrons. The first-order valence-electron chi connectivity index (χ1n) is 5.89. The lowest BCUT2D eigenvalue weighted by Gasteiger charge is -2.17. The molecule has 0 amide bonds. The van der Waals surface area contributed by atoms with Crippen LogP contribution in [-0.4, -0.2) is 4.98 Å². The van der Waals surface area contributed by atoms with Gasteiger partial charge in [0.05, 0.1) is 5.56 Å². The highest BCUT2D eigenvalue weighted by molar-refractivity contribution is 5.47. The second-order valence-corrected chi connectivity index (χ2v) is 4.53. The molecule has 0 saturated carbocycles. The molecule has 0 fully saturated rings. The summed E-state index contributed by atoms with van der Waals surface area (Å²) in [5.41, 5.74) is 1.68. The normalized spacial score (nSPS) is 14.6. The number of rotatable bonds is 1. The zero-order valence-electron chi connectivity index (χ0n) is 9.98. The quantitative estimate of drug-likeness (QED) is 0.782. The van der Waals surface area contributed by atoms with Crippen molar-refractivity contribution in [2.75, 3.05) is 4.90 Å². The molecule has 0 spiro atoms. The van der Waals surface area contributed by atoms with Gasteiger partial charge < -0.3 is 4.90 Å². The van der Waals surface area contributed by atoms with Crippen LogP contribution in [0.3, 0.4) is 0 Å². The minimum Gasteiger partial charge on any atom is -0.348 e. The summed E-state index contributed by atoms with van der Waals surface area (Å²) in [5.74, 6) is 0.573. The number of alkyl halides is 3. The third kappa shape index (κ3) is 2.28. The lowest BCUT2D eigenvalue weighted by atomic mass is 10.1. The maximum Gasteiger partial charge on any atom is 0.417 e. The number of fused-ring (bicyclic) bond motifs is 1. The summed E-state index contributed by atoms with van der Waals surface area (Å²) in [6.45, 7) is 1.38. The van der Waals surface area contributed by atoms with Crippen LogP contribution in [0.1, 0.15) is 16.7 Å². The van der Waals surface area contributed by atoms with E-state index in [9.17, 15) is 13.2 Å². The van der Waals surface area contributed by atoms with Gasteiger partial charge in [0.15, 0.2) is 0 Å². The Balaban J connectivity index is 1.82. The number of hydrogen-bond donors (Lipinski definition) is 0. The number of anilines is 1. The lowest BCUT2D eigenvalue weighted by Crippen LogP contribution is -2.16. The van der Waals surface area contributed by atoms with Crippen LogP contribution in [-0.2, 0) is 19.3 Å². The molecule has 0 bridgehead atoms. The van der Waals surface area contributed by atoms with Crippen molar-refractivity contribution in [2.45, 2.75) is 19.3 Å². The minimum atomic E-state index is -4.33. The fourth-order valence-corrected chi connectivity index (χ4v) is 2.24. The van der Waals surface area contributed by atoms with Crippen LogP contribution in [0.2, 0.25) is 0 Å². The van der Waals surface area contributed by atoms with Gasteiger partial charge in [-0.25, -0.2) is 4.98 Å². The minimum absolute atomic E-state index is 0.573. The molecule has 2 nitrogen and oxygen atoms in total. The molecule has 1 aromatic carbocycles. The monoisotopic (exact) mass is 264 g/mol. The number of nitrogens with zero attached hydrogens (tertiary/aromatic N) is 2. The smallest absolute Gasteiger partial charge is 0.348 e. The Bertz CT molecular complexity index is 565. The predicted octanol–water partition coefficient (Wildman–Crippen LogP) is 3.62. The molecule has 1 aliphatic rings. The highest BCUT2D eigenvalue weighted by Gasteiger charge is 2.31. The molecule has 0 saturated heterocycles. The highest BCUT2D eigenvalue weighted by atomic mass is 19.4. The molecule has 0 radical (unpaired) electrons. The van der Waals surface area contributed by atoms with E-state index in [1.807, 2.05) is 29.2 Å². The summed E-state index contributed by atoms with van der Waals surface area (Å²) in [4.78, 5) is 5.88. The molecule has 2 heterocycles. The molecule has 19 heavy (non-hydrogen) atoms. The van der Waals surface area contributed by atoms with Gasteiger partial charge in [0.2, 0.25) is 0 Å². The number of benzene rings is 1. The van der Waals surface area contributed by atoms with Crippen molar-refractivity contribution in [1.29, 1.82) is 0 Å². The summed E-state index contributed by atoms with van der Waals surface area (Å²) >= 11 is 0. The van der Waals surface area contributed by atoms with Crippen LogP contribution >= 0.6 is 0 Å². The van der Waals surface area contributed by atoms with E-state index < -0.39 is 11.7 Å². The number of halogens is 3. The maximum absolute atomic E-state index is 12.5. The third-order valence-electron chi connectivity index (χ3n) is 3.24. The zero-order valence-corrected chi connectivity index (χ0v) is 9.98. The van der Waals surface area contributed by atoms with Gasteiger partial charge in [0, 0.05) is 19.3 Å². The topological polar surface area (TPSA) is 16.1 Å². The lowest BCUT2D eigenvalue weighted by molar-refractivity contribution is -0.137. The Hall–Kier alpha value is -2.04. The van der Waals surface area contributed by atoms with Crippen LogP contribution in [0, 0.1) is 0 Å². The van der Waals surface area contributed by atoms with Crippen molar-refractivity contribution >= 4 is 5.82 Å². The van der Waals surface area contributed by atoms with E-state index in [0.717, 1.165) is 12.3 Å². The molecule has 0 atom stereocenters. The van der Waals surface area contributed by atoms with E-state index in [2.05, 4.69) is 4.98 Å². The molecule has 2 aromatic rings. The fraction of sp³-hybridized carbons (Fsp3) is 0.214. The molecule has 3 rings (SSSR count). The Morgan fingerprint density at radius 3 is 2.05 bits per heavy atom. The van der Waals surface area contributed by atoms with Crippen molar-refractivity contribution in [3.05, 3.63) is 59.3 Å². The van der Waals surface area contributed by atoms with E-state index in [1.165, 1.54) is 17.2 Å². The highest BCUT2D eigenvalue weighted by Crippen LogP contribution is 2.31. The fourth-order valence-electron chi connectivity index (χ4n) is 2.24. The Labute approximate surface area is 108 Å². The van der Waals surface area contributed by atoms with E-state index in [1.54, 1.807) is 0 Å². The van der Waals surface area contributed by atoms with Crippen LogP contribution in [0.15, 0.2) is 42.6 Å². The third-order valence-corrected chi connectivity index (χ3v) is 3.24. The van der Waals surface area contributed by atoms with Gasteiger partial charge in [0.25, 0.3) is 0 Å². The standard InChI is InChI=1S/C14H11F3N2/c15-14(16,17)12-5-6-13(18-7-12)19-8-10-3-1-2-4-11(10)9-19/h1-7H,8-9H2. The van der Waals surface area contributed by atoms with Crippen LogP contribution in [0.4, 0.5) is 19.0 Å².